The lowest BCUT2D eigenvalue weighted by Crippen LogP contribution is -2.29. The molecule has 2 aromatic carbocycles. The third-order valence-electron chi connectivity index (χ3n) is 4.52. The van der Waals surface area contributed by atoms with Crippen molar-refractivity contribution >= 4 is 17.6 Å². The SMILES string of the molecule is CC#Cc1c(C(=O)OC)cc(OCCCN(C#CC)C(=O)c2ccccc2F)c(OC)c1N. The summed E-state index contributed by atoms with van der Waals surface area (Å²) in [6.07, 6.45) is 0.363. The number of ether oxygens (including phenoxy) is 3. The Bertz CT molecular complexity index is 1160. The van der Waals surface area contributed by atoms with Gasteiger partial charge in [0.2, 0.25) is 0 Å². The highest BCUT2D eigenvalue weighted by Gasteiger charge is 2.22. The highest BCUT2D eigenvalue weighted by Crippen LogP contribution is 2.38. The molecule has 0 fully saturated rings. The van der Waals surface area contributed by atoms with Crippen LogP contribution in [-0.2, 0) is 4.74 Å². The molecule has 0 unspecified atom stereocenters. The molecule has 33 heavy (non-hydrogen) atoms. The summed E-state index contributed by atoms with van der Waals surface area (Å²) in [6.45, 7) is 3.53. The number of nitrogens with zero attached hydrogens (tertiary/aromatic N) is 1. The van der Waals surface area contributed by atoms with E-state index < -0.39 is 17.7 Å². The summed E-state index contributed by atoms with van der Waals surface area (Å²) in [5.74, 6) is 6.83. The number of halogens is 1. The summed E-state index contributed by atoms with van der Waals surface area (Å²) < 4.78 is 30.0. The quantitative estimate of drug-likeness (QED) is 0.217. The first kappa shape index (κ1) is 25.1. The van der Waals surface area contributed by atoms with Crippen molar-refractivity contribution in [3.63, 3.8) is 0 Å². The average molecular weight is 452 g/mol. The monoisotopic (exact) mass is 452 g/mol. The number of benzene rings is 2. The lowest BCUT2D eigenvalue weighted by Gasteiger charge is -2.18. The average Bonchev–Trinajstić information content (AvgIpc) is 2.82. The van der Waals surface area contributed by atoms with Crippen molar-refractivity contribution in [2.75, 3.05) is 33.1 Å². The second kappa shape index (κ2) is 12.0. The van der Waals surface area contributed by atoms with Crippen molar-refractivity contribution in [2.24, 2.45) is 0 Å². The summed E-state index contributed by atoms with van der Waals surface area (Å²) in [4.78, 5) is 26.1. The van der Waals surface area contributed by atoms with Crippen LogP contribution in [0.25, 0.3) is 0 Å². The molecular weight excluding hydrogens is 427 g/mol. The van der Waals surface area contributed by atoms with E-state index in [9.17, 15) is 14.0 Å². The second-order valence-corrected chi connectivity index (χ2v) is 6.61. The molecule has 0 bridgehead atoms. The van der Waals surface area contributed by atoms with Gasteiger partial charge in [-0.25, -0.2) is 9.18 Å². The number of carbonyl (C=O) groups excluding carboxylic acids is 2. The van der Waals surface area contributed by atoms with Crippen LogP contribution in [0, 0.1) is 29.6 Å². The normalized spacial score (nSPS) is 9.61. The summed E-state index contributed by atoms with van der Waals surface area (Å²) >= 11 is 0. The van der Waals surface area contributed by atoms with Crippen LogP contribution in [0.1, 0.15) is 46.5 Å². The van der Waals surface area contributed by atoms with E-state index in [1.165, 1.54) is 43.4 Å². The first-order valence-corrected chi connectivity index (χ1v) is 10.0. The Labute approximate surface area is 192 Å². The summed E-state index contributed by atoms with van der Waals surface area (Å²) in [5.41, 5.74) is 6.68. The van der Waals surface area contributed by atoms with Gasteiger partial charge in [0.15, 0.2) is 11.5 Å². The summed E-state index contributed by atoms with van der Waals surface area (Å²) in [6, 6.07) is 9.85. The first-order chi connectivity index (χ1) is 15.9. The van der Waals surface area contributed by atoms with E-state index in [0.29, 0.717) is 6.42 Å². The van der Waals surface area contributed by atoms with Crippen LogP contribution in [-0.4, -0.2) is 44.1 Å². The largest absolute Gasteiger partial charge is 0.491 e. The van der Waals surface area contributed by atoms with Gasteiger partial charge < -0.3 is 19.9 Å². The van der Waals surface area contributed by atoms with Gasteiger partial charge >= 0.3 is 5.97 Å². The van der Waals surface area contributed by atoms with E-state index >= 15 is 0 Å². The Morgan fingerprint density at radius 1 is 1.12 bits per heavy atom. The molecule has 7 nitrogen and oxygen atoms in total. The number of nitrogens with two attached hydrogens (primary N) is 1. The lowest BCUT2D eigenvalue weighted by molar-refractivity contribution is 0.0599. The maximum Gasteiger partial charge on any atom is 0.339 e. The van der Waals surface area contributed by atoms with E-state index in [4.69, 9.17) is 19.9 Å². The number of esters is 1. The fourth-order valence-corrected chi connectivity index (χ4v) is 3.04. The molecular formula is C25H25FN2O5. The molecule has 0 aliphatic carbocycles. The molecule has 2 N–H and O–H groups in total. The van der Waals surface area contributed by atoms with Gasteiger partial charge in [-0.15, -0.1) is 5.92 Å². The maximum atomic E-state index is 14.0. The molecule has 0 atom stereocenters. The number of carbonyl (C=O) groups is 2. The molecule has 0 saturated heterocycles. The molecule has 0 heterocycles. The highest BCUT2D eigenvalue weighted by atomic mass is 19.1. The minimum Gasteiger partial charge on any atom is -0.491 e. The Morgan fingerprint density at radius 2 is 1.85 bits per heavy atom. The zero-order valence-electron chi connectivity index (χ0n) is 19.0. The van der Waals surface area contributed by atoms with Gasteiger partial charge in [-0.1, -0.05) is 24.0 Å². The molecule has 0 aliphatic rings. The van der Waals surface area contributed by atoms with E-state index in [-0.39, 0.29) is 47.0 Å². The second-order valence-electron chi connectivity index (χ2n) is 6.61. The topological polar surface area (TPSA) is 91.1 Å². The van der Waals surface area contributed by atoms with Gasteiger partial charge in [0, 0.05) is 19.0 Å². The van der Waals surface area contributed by atoms with Crippen molar-refractivity contribution in [3.8, 4) is 35.3 Å². The van der Waals surface area contributed by atoms with Crippen LogP contribution in [0.5, 0.6) is 11.5 Å². The molecule has 0 spiro atoms. The predicted octanol–water partition coefficient (Wildman–Crippen LogP) is 3.47. The van der Waals surface area contributed by atoms with Crippen LogP contribution in [0.2, 0.25) is 0 Å². The van der Waals surface area contributed by atoms with Gasteiger partial charge in [0.25, 0.3) is 5.91 Å². The fourth-order valence-electron chi connectivity index (χ4n) is 3.04. The minimum atomic E-state index is -0.619. The molecule has 0 aliphatic heterocycles. The highest BCUT2D eigenvalue weighted by molar-refractivity contribution is 5.96. The fraction of sp³-hybridized carbons (Fsp3) is 0.280. The molecule has 0 aromatic heterocycles. The number of rotatable bonds is 8. The van der Waals surface area contributed by atoms with Crippen LogP contribution in [0.3, 0.4) is 0 Å². The number of anilines is 1. The van der Waals surface area contributed by atoms with Gasteiger partial charge in [-0.05, 0) is 32.0 Å². The number of amides is 1. The van der Waals surface area contributed by atoms with E-state index in [1.54, 1.807) is 19.9 Å². The van der Waals surface area contributed by atoms with Crippen LogP contribution in [0.4, 0.5) is 10.1 Å². The third kappa shape index (κ3) is 5.96. The summed E-state index contributed by atoms with van der Waals surface area (Å²) in [5, 5.41) is 0. The molecule has 2 rings (SSSR count). The van der Waals surface area contributed by atoms with Crippen LogP contribution < -0.4 is 15.2 Å². The van der Waals surface area contributed by atoms with Crippen molar-refractivity contribution < 1.29 is 28.2 Å². The maximum absolute atomic E-state index is 14.0. The predicted molar refractivity (Wildman–Crippen MR) is 122 cm³/mol. The van der Waals surface area contributed by atoms with E-state index in [2.05, 4.69) is 23.8 Å². The number of hydrogen-bond acceptors (Lipinski definition) is 6. The Balaban J connectivity index is 2.19. The third-order valence-corrected chi connectivity index (χ3v) is 4.52. The zero-order chi connectivity index (χ0) is 24.4. The van der Waals surface area contributed by atoms with Gasteiger partial charge in [-0.3, -0.25) is 9.69 Å². The van der Waals surface area contributed by atoms with Gasteiger partial charge in [-0.2, -0.15) is 0 Å². The molecule has 1 amide bonds. The van der Waals surface area contributed by atoms with Crippen molar-refractivity contribution in [3.05, 3.63) is 52.8 Å². The van der Waals surface area contributed by atoms with Crippen molar-refractivity contribution in [2.45, 2.75) is 20.3 Å². The van der Waals surface area contributed by atoms with E-state index in [0.717, 1.165) is 0 Å². The first-order valence-electron chi connectivity index (χ1n) is 10.0. The lowest BCUT2D eigenvalue weighted by atomic mass is 10.0. The molecule has 8 heteroatoms. The minimum absolute atomic E-state index is 0.0639. The van der Waals surface area contributed by atoms with Gasteiger partial charge in [0.1, 0.15) is 5.82 Å². The molecule has 2 aromatic rings. The summed E-state index contributed by atoms with van der Waals surface area (Å²) in [7, 11) is 2.67. The van der Waals surface area contributed by atoms with Gasteiger partial charge in [0.05, 0.1) is 43.2 Å². The Hall–Kier alpha value is -4.17. The smallest absolute Gasteiger partial charge is 0.339 e. The van der Waals surface area contributed by atoms with Crippen LogP contribution in [0.15, 0.2) is 30.3 Å². The standard InChI is InChI=1S/C25H25FN2O5/c1-5-10-17-19(25(30)32-4)16-21(23(31-3)22(17)27)33-15-9-14-28(13-6-2)24(29)18-11-7-8-12-20(18)26/h7-8,11-12,16H,9,14-15,27H2,1-4H3. The molecule has 172 valence electrons. The number of methoxy groups -OCH3 is 2. The van der Waals surface area contributed by atoms with Crippen LogP contribution >= 0.6 is 0 Å². The van der Waals surface area contributed by atoms with Crippen molar-refractivity contribution in [1.29, 1.82) is 0 Å². The Kier molecular flexibility index (Phi) is 9.14. The van der Waals surface area contributed by atoms with Crippen molar-refractivity contribution in [1.82, 2.24) is 4.90 Å². The zero-order valence-corrected chi connectivity index (χ0v) is 19.0. The number of hydrogen-bond donors (Lipinski definition) is 1. The Morgan fingerprint density at radius 3 is 2.45 bits per heavy atom. The van der Waals surface area contributed by atoms with E-state index in [1.807, 2.05) is 0 Å². The number of nitrogen functional groups attached to an aromatic ring is 1. The molecule has 0 saturated carbocycles. The molecule has 0 radical (unpaired) electrons.